The number of hydrogen-bond acceptors (Lipinski definition) is 5. The van der Waals surface area contributed by atoms with Crippen LogP contribution in [0.15, 0.2) is 18.6 Å². The second-order valence-electron chi connectivity index (χ2n) is 8.86. The summed E-state index contributed by atoms with van der Waals surface area (Å²) < 4.78 is 37.0. The minimum Gasteiger partial charge on any atom is -0.353 e. The maximum absolute atomic E-state index is 14.4. The number of halogens is 3. The molecule has 9 heteroatoms. The Hall–Kier alpha value is -1.35. The number of piperidine rings is 1. The molecule has 0 aliphatic carbocycles. The molecule has 3 fully saturated rings. The lowest BCUT2D eigenvalue weighted by Gasteiger charge is -2.44. The molecule has 2 unspecified atom stereocenters. The fourth-order valence-corrected chi connectivity index (χ4v) is 5.52. The maximum atomic E-state index is 14.4. The van der Waals surface area contributed by atoms with Gasteiger partial charge < -0.3 is 14.2 Å². The van der Waals surface area contributed by atoms with Crippen molar-refractivity contribution in [2.75, 3.05) is 33.2 Å². The van der Waals surface area contributed by atoms with Crippen LogP contribution in [0.1, 0.15) is 38.3 Å². The zero-order valence-electron chi connectivity index (χ0n) is 16.5. The van der Waals surface area contributed by atoms with Crippen molar-refractivity contribution in [2.45, 2.75) is 55.9 Å². The minimum absolute atomic E-state index is 0.0261. The Kier molecular flexibility index (Phi) is 4.81. The largest absolute Gasteiger partial charge is 0.353 e. The summed E-state index contributed by atoms with van der Waals surface area (Å²) in [5.41, 5.74) is 0.355. The van der Waals surface area contributed by atoms with E-state index in [4.69, 9.17) is 16.3 Å². The first kappa shape index (κ1) is 19.6. The van der Waals surface area contributed by atoms with Gasteiger partial charge in [-0.2, -0.15) is 0 Å². The Morgan fingerprint density at radius 3 is 2.83 bits per heavy atom. The minimum atomic E-state index is -2.61. The summed E-state index contributed by atoms with van der Waals surface area (Å²) >= 11 is 6.15. The lowest BCUT2D eigenvalue weighted by Crippen LogP contribution is -2.53. The van der Waals surface area contributed by atoms with Crippen LogP contribution in [0.4, 0.5) is 8.78 Å². The van der Waals surface area contributed by atoms with Crippen molar-refractivity contribution in [3.05, 3.63) is 23.7 Å². The van der Waals surface area contributed by atoms with Crippen LogP contribution in [-0.4, -0.2) is 75.1 Å². The molecule has 1 spiro atoms. The smallest absolute Gasteiger partial charge is 0.262 e. The third-order valence-corrected chi connectivity index (χ3v) is 7.18. The van der Waals surface area contributed by atoms with Crippen LogP contribution in [0.3, 0.4) is 0 Å². The highest BCUT2D eigenvalue weighted by Gasteiger charge is 2.55. The molecule has 0 N–H and O–H groups in total. The standard InChI is InChI=1S/C20H26ClF2N5O/c1-26-8-5-19(6-9-26)11-20(22,23)12-27(19)10-14-2-3-16(29-14)28-7-4-15-17(21)24-13-25-18(15)28/h4,7,13-14,16H,2-3,5-6,8-12H2,1H3. The van der Waals surface area contributed by atoms with Gasteiger partial charge >= 0.3 is 0 Å². The van der Waals surface area contributed by atoms with Gasteiger partial charge in [-0.1, -0.05) is 11.6 Å². The summed E-state index contributed by atoms with van der Waals surface area (Å²) in [6.07, 6.45) is 6.41. The van der Waals surface area contributed by atoms with Crippen LogP contribution in [-0.2, 0) is 4.74 Å². The van der Waals surface area contributed by atoms with Crippen molar-refractivity contribution in [2.24, 2.45) is 0 Å². The van der Waals surface area contributed by atoms with Gasteiger partial charge in [-0.15, -0.1) is 0 Å². The number of aromatic nitrogens is 3. The Labute approximate surface area is 173 Å². The van der Waals surface area contributed by atoms with Gasteiger partial charge in [0.25, 0.3) is 5.92 Å². The SMILES string of the molecule is CN1CCC2(CC1)CC(F)(F)CN2CC1CCC(n2ccc3c(Cl)ncnc32)O1. The number of alkyl halides is 2. The molecule has 0 amide bonds. The topological polar surface area (TPSA) is 46.4 Å². The molecular weight excluding hydrogens is 400 g/mol. The van der Waals surface area contributed by atoms with E-state index in [9.17, 15) is 8.78 Å². The predicted octanol–water partition coefficient (Wildman–Crippen LogP) is 3.57. The lowest BCUT2D eigenvalue weighted by molar-refractivity contribution is -0.0343. The van der Waals surface area contributed by atoms with Gasteiger partial charge in [0.15, 0.2) is 0 Å². The van der Waals surface area contributed by atoms with E-state index in [0.29, 0.717) is 11.7 Å². The molecular formula is C20H26ClF2N5O. The second-order valence-corrected chi connectivity index (χ2v) is 9.21. The Balaban J connectivity index is 1.31. The maximum Gasteiger partial charge on any atom is 0.262 e. The Morgan fingerprint density at radius 2 is 2.03 bits per heavy atom. The first-order valence-electron chi connectivity index (χ1n) is 10.3. The van der Waals surface area contributed by atoms with E-state index in [2.05, 4.69) is 21.9 Å². The number of rotatable bonds is 3. The first-order valence-corrected chi connectivity index (χ1v) is 10.7. The molecule has 5 heterocycles. The molecule has 0 aromatic carbocycles. The van der Waals surface area contributed by atoms with E-state index in [1.54, 1.807) is 0 Å². The summed E-state index contributed by atoms with van der Waals surface area (Å²) in [4.78, 5) is 12.6. The van der Waals surface area contributed by atoms with Gasteiger partial charge in [0.1, 0.15) is 23.4 Å². The summed E-state index contributed by atoms with van der Waals surface area (Å²) in [6, 6.07) is 1.89. The molecule has 158 valence electrons. The van der Waals surface area contributed by atoms with E-state index in [1.807, 2.05) is 21.7 Å². The van der Waals surface area contributed by atoms with Crippen molar-refractivity contribution in [3.63, 3.8) is 0 Å². The normalized spacial score (nSPS) is 29.9. The average Bonchev–Trinajstić information content (AvgIpc) is 3.35. The molecule has 0 saturated carbocycles. The van der Waals surface area contributed by atoms with Crippen LogP contribution in [0, 0.1) is 0 Å². The zero-order valence-corrected chi connectivity index (χ0v) is 17.3. The lowest BCUT2D eigenvalue weighted by atomic mass is 9.84. The van der Waals surface area contributed by atoms with Crippen molar-refractivity contribution in [1.29, 1.82) is 0 Å². The number of ether oxygens (including phenoxy) is 1. The molecule has 3 aliphatic heterocycles. The third-order valence-electron chi connectivity index (χ3n) is 6.88. The summed E-state index contributed by atoms with van der Waals surface area (Å²) in [6.45, 7) is 2.15. The van der Waals surface area contributed by atoms with Crippen LogP contribution in [0.2, 0.25) is 5.15 Å². The van der Waals surface area contributed by atoms with E-state index in [-0.39, 0.29) is 25.3 Å². The molecule has 29 heavy (non-hydrogen) atoms. The highest BCUT2D eigenvalue weighted by molar-refractivity contribution is 6.33. The van der Waals surface area contributed by atoms with Gasteiger partial charge in [-0.3, -0.25) is 4.90 Å². The number of fused-ring (bicyclic) bond motifs is 1. The molecule has 2 aromatic heterocycles. The number of hydrogen-bond donors (Lipinski definition) is 0. The predicted molar refractivity (Wildman–Crippen MR) is 106 cm³/mol. The van der Waals surface area contributed by atoms with Gasteiger partial charge in [0.2, 0.25) is 0 Å². The van der Waals surface area contributed by atoms with E-state index < -0.39 is 11.5 Å². The van der Waals surface area contributed by atoms with Crippen molar-refractivity contribution in [3.8, 4) is 0 Å². The fraction of sp³-hybridized carbons (Fsp3) is 0.700. The molecule has 6 nitrogen and oxygen atoms in total. The highest BCUT2D eigenvalue weighted by atomic mass is 35.5. The first-order chi connectivity index (χ1) is 13.9. The van der Waals surface area contributed by atoms with Crippen molar-refractivity contribution in [1.82, 2.24) is 24.3 Å². The molecule has 3 aliphatic rings. The molecule has 5 rings (SSSR count). The van der Waals surface area contributed by atoms with E-state index in [1.165, 1.54) is 6.33 Å². The average molecular weight is 426 g/mol. The second kappa shape index (κ2) is 7.11. The number of likely N-dealkylation sites (tertiary alicyclic amines) is 2. The van der Waals surface area contributed by atoms with Crippen LogP contribution >= 0.6 is 11.6 Å². The van der Waals surface area contributed by atoms with Crippen LogP contribution in [0.5, 0.6) is 0 Å². The third kappa shape index (κ3) is 3.54. The van der Waals surface area contributed by atoms with Gasteiger partial charge in [0, 0.05) is 24.7 Å². The van der Waals surface area contributed by atoms with Crippen LogP contribution < -0.4 is 0 Å². The van der Waals surface area contributed by atoms with Crippen molar-refractivity contribution < 1.29 is 13.5 Å². The summed E-state index contributed by atoms with van der Waals surface area (Å²) in [5.74, 6) is -2.61. The molecule has 0 bridgehead atoms. The zero-order chi connectivity index (χ0) is 20.2. The number of nitrogens with zero attached hydrogens (tertiary/aromatic N) is 5. The van der Waals surface area contributed by atoms with Crippen molar-refractivity contribution >= 4 is 22.6 Å². The van der Waals surface area contributed by atoms with Crippen LogP contribution in [0.25, 0.3) is 11.0 Å². The monoisotopic (exact) mass is 425 g/mol. The molecule has 0 radical (unpaired) electrons. The Bertz CT molecular complexity index is 898. The van der Waals surface area contributed by atoms with E-state index in [0.717, 1.165) is 49.8 Å². The van der Waals surface area contributed by atoms with Gasteiger partial charge in [-0.05, 0) is 51.9 Å². The Morgan fingerprint density at radius 1 is 1.24 bits per heavy atom. The highest BCUT2D eigenvalue weighted by Crippen LogP contribution is 2.46. The quantitative estimate of drug-likeness (QED) is 0.703. The summed E-state index contributed by atoms with van der Waals surface area (Å²) in [7, 11) is 2.06. The molecule has 2 aromatic rings. The van der Waals surface area contributed by atoms with Gasteiger partial charge in [-0.25, -0.2) is 18.7 Å². The summed E-state index contributed by atoms with van der Waals surface area (Å²) in [5, 5.41) is 1.22. The van der Waals surface area contributed by atoms with Gasteiger partial charge in [0.05, 0.1) is 18.0 Å². The molecule has 3 saturated heterocycles. The van der Waals surface area contributed by atoms with E-state index >= 15 is 0 Å². The fourth-order valence-electron chi connectivity index (χ4n) is 5.33. The molecule has 2 atom stereocenters.